The molecule has 0 radical (unpaired) electrons. The molecule has 0 bridgehead atoms. The lowest BCUT2D eigenvalue weighted by Crippen LogP contribution is -3.00. The minimum Gasteiger partial charge on any atom is -1.00 e. The quantitative estimate of drug-likeness (QED) is 0.216. The molecule has 3 aliphatic rings. The lowest BCUT2D eigenvalue weighted by Gasteiger charge is -2.34. The van der Waals surface area contributed by atoms with Gasteiger partial charge in [0.25, 0.3) is 0 Å². The molecule has 10 heteroatoms. The molecule has 0 N–H and O–H groups in total. The third kappa shape index (κ3) is 8.38. The standard InChI is InChI=1S/C56H52N6O2.2ClH/c1-57-47-15-7-5-13-45(47)43(35-55-59(3)49-17-9-11-19-53(49)63-55)33-51(57)41-25-21-39(22-26-41)37-61-29-31-62(32-30-61)38-40-23-27-42(28-24-40)52-34-44(46-14-6-8-16-48(46)58(52)2)36-56-60(4)50-18-10-12-20-54(50)64-56;;/h5-28,33-36H,29-32,37-38H2,1-4H3;2*1H/q+2;;/p-2. The Morgan fingerprint density at radius 3 is 1.23 bits per heavy atom. The van der Waals surface area contributed by atoms with Crippen LogP contribution in [0.2, 0.25) is 0 Å². The predicted octanol–water partition coefficient (Wildman–Crippen LogP) is 3.96. The molecule has 0 saturated carbocycles. The van der Waals surface area contributed by atoms with Gasteiger partial charge in [-0.15, -0.1) is 0 Å². The number of pyridine rings is 2. The Hall–Kier alpha value is -6.68. The van der Waals surface area contributed by atoms with E-state index in [-0.39, 0.29) is 24.8 Å². The maximum Gasteiger partial charge on any atom is 0.213 e. The number of hydrogen-bond donors (Lipinski definition) is 0. The number of aryl methyl sites for hydroxylation is 2. The first-order valence-electron chi connectivity index (χ1n) is 22.3. The van der Waals surface area contributed by atoms with Gasteiger partial charge in [0.1, 0.15) is 14.1 Å². The van der Waals surface area contributed by atoms with Crippen molar-refractivity contribution in [3.63, 3.8) is 0 Å². The van der Waals surface area contributed by atoms with Crippen LogP contribution in [0.3, 0.4) is 0 Å². The van der Waals surface area contributed by atoms with Gasteiger partial charge in [0.15, 0.2) is 11.5 Å². The van der Waals surface area contributed by atoms with E-state index in [4.69, 9.17) is 9.47 Å². The number of piperazine rings is 1. The summed E-state index contributed by atoms with van der Waals surface area (Å²) >= 11 is 0. The number of halogens is 2. The number of aromatic nitrogens is 2. The van der Waals surface area contributed by atoms with Gasteiger partial charge in [-0.2, -0.15) is 9.13 Å². The Labute approximate surface area is 399 Å². The van der Waals surface area contributed by atoms with Crippen molar-refractivity contribution in [1.82, 2.24) is 9.80 Å². The number of rotatable bonds is 8. The zero-order valence-electron chi connectivity index (χ0n) is 37.7. The predicted molar refractivity (Wildman–Crippen MR) is 259 cm³/mol. The molecule has 0 aliphatic carbocycles. The fourth-order valence-electron chi connectivity index (χ4n) is 9.66. The van der Waals surface area contributed by atoms with Crippen LogP contribution in [0.25, 0.3) is 56.5 Å². The van der Waals surface area contributed by atoms with E-state index < -0.39 is 0 Å². The van der Waals surface area contributed by atoms with Gasteiger partial charge < -0.3 is 44.1 Å². The monoisotopic (exact) mass is 910 g/mol. The summed E-state index contributed by atoms with van der Waals surface area (Å²) in [5.74, 6) is 3.42. The molecular formula is C56H52Cl2N6O2. The van der Waals surface area contributed by atoms with Crippen LogP contribution < -0.4 is 53.2 Å². The second-order valence-electron chi connectivity index (χ2n) is 17.3. The molecule has 1 saturated heterocycles. The maximum absolute atomic E-state index is 6.30. The molecule has 1 fully saturated rings. The molecule has 0 spiro atoms. The van der Waals surface area contributed by atoms with Gasteiger partial charge in [0.2, 0.25) is 34.2 Å². The van der Waals surface area contributed by atoms with Crippen molar-refractivity contribution < 1.29 is 43.4 Å². The fraction of sp³-hybridized carbons (Fsp3) is 0.179. The van der Waals surface area contributed by atoms with Gasteiger partial charge in [-0.25, -0.2) is 0 Å². The Bertz CT molecular complexity index is 2930. The second kappa shape index (κ2) is 18.7. The topological polar surface area (TPSA) is 39.2 Å². The van der Waals surface area contributed by atoms with Crippen molar-refractivity contribution in [1.29, 1.82) is 0 Å². The highest BCUT2D eigenvalue weighted by molar-refractivity contribution is 5.90. The van der Waals surface area contributed by atoms with Crippen molar-refractivity contribution in [2.45, 2.75) is 13.1 Å². The molecule has 11 rings (SSSR count). The Kier molecular flexibility index (Phi) is 12.6. The van der Waals surface area contributed by atoms with Gasteiger partial charge in [-0.05, 0) is 71.8 Å². The van der Waals surface area contributed by atoms with Crippen LogP contribution in [0.5, 0.6) is 11.5 Å². The first kappa shape index (κ1) is 44.5. The van der Waals surface area contributed by atoms with Crippen LogP contribution in [0.4, 0.5) is 11.4 Å². The first-order chi connectivity index (χ1) is 31.3. The number of nitrogens with zero attached hydrogens (tertiary/aromatic N) is 6. The Balaban J connectivity index is 0.00000274. The zero-order valence-corrected chi connectivity index (χ0v) is 39.2. The van der Waals surface area contributed by atoms with Crippen LogP contribution in [0, 0.1) is 0 Å². The van der Waals surface area contributed by atoms with Gasteiger partial charge in [0.05, 0.1) is 22.1 Å². The van der Waals surface area contributed by atoms with Crippen LogP contribution >= 0.6 is 0 Å². The highest BCUT2D eigenvalue weighted by atomic mass is 35.5. The van der Waals surface area contributed by atoms with E-state index in [0.717, 1.165) is 85.0 Å². The second-order valence-corrected chi connectivity index (χ2v) is 17.3. The molecule has 0 amide bonds. The normalized spacial score (nSPS) is 15.9. The number of fused-ring (bicyclic) bond motifs is 4. The molecule has 0 atom stereocenters. The van der Waals surface area contributed by atoms with Gasteiger partial charge in [-0.3, -0.25) is 9.80 Å². The number of hydrogen-bond acceptors (Lipinski definition) is 6. The van der Waals surface area contributed by atoms with Crippen molar-refractivity contribution in [3.05, 3.63) is 192 Å². The summed E-state index contributed by atoms with van der Waals surface area (Å²) in [6.45, 7) is 6.09. The van der Waals surface area contributed by atoms with Crippen molar-refractivity contribution in [2.75, 3.05) is 50.1 Å². The van der Waals surface area contributed by atoms with E-state index in [1.165, 1.54) is 55.4 Å². The summed E-state index contributed by atoms with van der Waals surface area (Å²) < 4.78 is 17.2. The highest BCUT2D eigenvalue weighted by Crippen LogP contribution is 2.40. The lowest BCUT2D eigenvalue weighted by atomic mass is 10.0. The average Bonchev–Trinajstić information content (AvgIpc) is 3.83. The number of para-hydroxylation sites is 6. The average molecular weight is 912 g/mol. The largest absolute Gasteiger partial charge is 1.00 e. The number of anilines is 2. The molecule has 3 aliphatic heterocycles. The third-order valence-electron chi connectivity index (χ3n) is 13.3. The first-order valence-corrected chi connectivity index (χ1v) is 22.3. The molecule has 8 nitrogen and oxygen atoms in total. The van der Waals surface area contributed by atoms with E-state index >= 15 is 0 Å². The molecular weight excluding hydrogens is 860 g/mol. The zero-order chi connectivity index (χ0) is 43.3. The van der Waals surface area contributed by atoms with Crippen molar-refractivity contribution >= 4 is 45.3 Å². The van der Waals surface area contributed by atoms with E-state index in [2.05, 4.69) is 203 Å². The number of benzene rings is 6. The summed E-state index contributed by atoms with van der Waals surface area (Å²) in [4.78, 5) is 9.42. The molecule has 332 valence electrons. The fourth-order valence-corrected chi connectivity index (χ4v) is 9.66. The van der Waals surface area contributed by atoms with Gasteiger partial charge >= 0.3 is 0 Å². The van der Waals surface area contributed by atoms with Crippen molar-refractivity contribution in [3.8, 4) is 34.0 Å². The molecule has 66 heavy (non-hydrogen) atoms. The highest BCUT2D eigenvalue weighted by Gasteiger charge is 2.27. The minimum absolute atomic E-state index is 0. The molecule has 2 aromatic heterocycles. The summed E-state index contributed by atoms with van der Waals surface area (Å²) in [6, 6.07) is 56.5. The van der Waals surface area contributed by atoms with E-state index in [1.807, 2.05) is 24.3 Å². The molecule has 5 heterocycles. The van der Waals surface area contributed by atoms with E-state index in [1.54, 1.807) is 0 Å². The number of ether oxygens (including phenoxy) is 2. The van der Waals surface area contributed by atoms with Gasteiger partial charge in [0, 0.05) is 112 Å². The minimum atomic E-state index is 0. The van der Waals surface area contributed by atoms with E-state index in [0.29, 0.717) is 0 Å². The van der Waals surface area contributed by atoms with E-state index in [9.17, 15) is 0 Å². The van der Waals surface area contributed by atoms with Crippen LogP contribution in [-0.4, -0.2) is 50.1 Å². The Morgan fingerprint density at radius 1 is 0.470 bits per heavy atom. The molecule has 8 aromatic rings. The summed E-state index contributed by atoms with van der Waals surface area (Å²) in [7, 11) is 8.45. The van der Waals surface area contributed by atoms with Crippen LogP contribution in [0.1, 0.15) is 22.3 Å². The smallest absolute Gasteiger partial charge is 0.213 e. The van der Waals surface area contributed by atoms with Crippen molar-refractivity contribution in [2.24, 2.45) is 14.1 Å². The maximum atomic E-state index is 6.30. The summed E-state index contributed by atoms with van der Waals surface area (Å²) in [6.07, 6.45) is 4.34. The lowest BCUT2D eigenvalue weighted by molar-refractivity contribution is -0.633. The molecule has 0 unspecified atom stereocenters. The third-order valence-corrected chi connectivity index (χ3v) is 13.3. The summed E-state index contributed by atoms with van der Waals surface area (Å²) in [5, 5.41) is 2.38. The van der Waals surface area contributed by atoms with Crippen LogP contribution in [0.15, 0.2) is 169 Å². The van der Waals surface area contributed by atoms with Crippen LogP contribution in [-0.2, 0) is 27.2 Å². The Morgan fingerprint density at radius 2 is 0.833 bits per heavy atom. The molecule has 6 aromatic carbocycles. The summed E-state index contributed by atoms with van der Waals surface area (Å²) in [5.41, 5.74) is 14.2. The SMILES string of the molecule is CN1C(=Cc2cc(-c3ccc(CN4CCN(Cc5ccc(-c6cc(C=C7Oc8ccccc8N7C)c7ccccc7[n+]6C)cc5)CC4)cc3)[n+](C)c3ccccc23)Oc2ccccc21.[Cl-].[Cl-]. The van der Waals surface area contributed by atoms with Gasteiger partial charge in [-0.1, -0.05) is 72.8 Å².